The summed E-state index contributed by atoms with van der Waals surface area (Å²) < 4.78 is 34.2. The zero-order valence-corrected chi connectivity index (χ0v) is 15.8. The van der Waals surface area contributed by atoms with Gasteiger partial charge in [0.05, 0.1) is 23.0 Å². The summed E-state index contributed by atoms with van der Waals surface area (Å²) in [4.78, 5) is 12.1. The van der Waals surface area contributed by atoms with Gasteiger partial charge in [-0.15, -0.1) is 0 Å². The Kier molecular flexibility index (Phi) is 5.38. The molecule has 4 nitrogen and oxygen atoms in total. The zero-order chi connectivity index (χ0) is 18.8. The van der Waals surface area contributed by atoms with E-state index in [1.807, 2.05) is 0 Å². The van der Waals surface area contributed by atoms with E-state index in [1.165, 1.54) is 41.1 Å². The average Bonchev–Trinajstić information content (AvgIpc) is 3.02. The predicted molar refractivity (Wildman–Crippen MR) is 97.6 cm³/mol. The van der Waals surface area contributed by atoms with Crippen LogP contribution in [0.4, 0.5) is 8.78 Å². The maximum atomic E-state index is 13.8. The van der Waals surface area contributed by atoms with Crippen LogP contribution in [0.1, 0.15) is 17.4 Å². The number of hydrogen-bond acceptors (Lipinski definition) is 3. The van der Waals surface area contributed by atoms with Crippen molar-refractivity contribution in [1.29, 1.82) is 0 Å². The van der Waals surface area contributed by atoms with Gasteiger partial charge < -0.3 is 4.74 Å². The molecule has 134 valence electrons. The number of aromatic nitrogens is 2. The average molecular weight is 442 g/mol. The van der Waals surface area contributed by atoms with Crippen LogP contribution in [0.5, 0.6) is 0 Å². The van der Waals surface area contributed by atoms with Crippen molar-refractivity contribution in [2.75, 3.05) is 6.61 Å². The number of esters is 1. The number of ether oxygens (including phenoxy) is 1. The molecule has 0 radical (unpaired) electrons. The van der Waals surface area contributed by atoms with Crippen LogP contribution < -0.4 is 0 Å². The van der Waals surface area contributed by atoms with Crippen LogP contribution in [-0.4, -0.2) is 22.4 Å². The number of nitrogens with zero attached hydrogens (tertiary/aromatic N) is 2. The summed E-state index contributed by atoms with van der Waals surface area (Å²) in [5.74, 6) is -1.66. The van der Waals surface area contributed by atoms with Gasteiger partial charge in [-0.05, 0) is 49.4 Å². The van der Waals surface area contributed by atoms with Gasteiger partial charge in [0.15, 0.2) is 5.69 Å². The zero-order valence-electron chi connectivity index (χ0n) is 13.5. The molecule has 0 aliphatic rings. The first-order valence-corrected chi connectivity index (χ1v) is 8.75. The van der Waals surface area contributed by atoms with Crippen molar-refractivity contribution in [3.05, 3.63) is 69.3 Å². The number of rotatable bonds is 4. The molecule has 0 amide bonds. The first kappa shape index (κ1) is 18.5. The second-order valence-electron chi connectivity index (χ2n) is 5.30. The van der Waals surface area contributed by atoms with E-state index >= 15 is 0 Å². The minimum absolute atomic E-state index is 0.0441. The lowest BCUT2D eigenvalue weighted by Gasteiger charge is -2.09. The molecule has 3 aromatic rings. The molecule has 0 N–H and O–H groups in total. The Morgan fingerprint density at radius 1 is 1.23 bits per heavy atom. The number of hydrogen-bond donors (Lipinski definition) is 0. The van der Waals surface area contributed by atoms with Crippen molar-refractivity contribution in [2.24, 2.45) is 0 Å². The molecule has 26 heavy (non-hydrogen) atoms. The Hall–Kier alpha value is -2.25. The summed E-state index contributed by atoms with van der Waals surface area (Å²) in [7, 11) is 0. The highest BCUT2D eigenvalue weighted by Gasteiger charge is 2.19. The molecule has 0 saturated heterocycles. The molecule has 0 aliphatic carbocycles. The van der Waals surface area contributed by atoms with Gasteiger partial charge in [-0.1, -0.05) is 27.5 Å². The largest absolute Gasteiger partial charge is 0.461 e. The first-order chi connectivity index (χ1) is 12.4. The molecule has 0 atom stereocenters. The van der Waals surface area contributed by atoms with Crippen molar-refractivity contribution >= 4 is 33.5 Å². The van der Waals surface area contributed by atoms with Crippen LogP contribution in [0.15, 0.2) is 46.9 Å². The summed E-state index contributed by atoms with van der Waals surface area (Å²) in [6.45, 7) is 1.87. The fraction of sp³-hybridized carbons (Fsp3) is 0.111. The number of halogens is 4. The molecule has 8 heteroatoms. The van der Waals surface area contributed by atoms with Gasteiger partial charge in [0.2, 0.25) is 0 Å². The maximum absolute atomic E-state index is 13.8. The molecular formula is C18H12BrClF2N2O2. The summed E-state index contributed by atoms with van der Waals surface area (Å²) in [5, 5.41) is 4.13. The maximum Gasteiger partial charge on any atom is 0.358 e. The number of carbonyl (C=O) groups is 1. The van der Waals surface area contributed by atoms with E-state index in [2.05, 4.69) is 21.0 Å². The Morgan fingerprint density at radius 2 is 2.00 bits per heavy atom. The Labute approximate surface area is 161 Å². The summed E-state index contributed by atoms with van der Waals surface area (Å²) >= 11 is 9.10. The predicted octanol–water partition coefficient (Wildman–Crippen LogP) is 5.41. The van der Waals surface area contributed by atoms with E-state index in [-0.39, 0.29) is 17.3 Å². The molecule has 3 rings (SSSR count). The Balaban J connectivity index is 2.20. The minimum Gasteiger partial charge on any atom is -0.461 e. The van der Waals surface area contributed by atoms with Crippen LogP contribution in [-0.2, 0) is 4.74 Å². The van der Waals surface area contributed by atoms with E-state index in [1.54, 1.807) is 13.0 Å². The Morgan fingerprint density at radius 3 is 2.65 bits per heavy atom. The van der Waals surface area contributed by atoms with Gasteiger partial charge in [-0.25, -0.2) is 18.3 Å². The molecular weight excluding hydrogens is 430 g/mol. The fourth-order valence-corrected chi connectivity index (χ4v) is 3.05. The number of carbonyl (C=O) groups excluding carboxylic acids is 1. The van der Waals surface area contributed by atoms with E-state index in [0.717, 1.165) is 0 Å². The van der Waals surface area contributed by atoms with E-state index in [9.17, 15) is 13.6 Å². The molecule has 0 bridgehead atoms. The standard InChI is InChI=1S/C18H12BrClF2N2O2/c1-2-26-18(25)16-9-17(10-5-11(19)7-12(21)6-10)24(23-16)13-3-4-15(22)14(20)8-13/h3-9H,2H2,1H3. The lowest BCUT2D eigenvalue weighted by atomic mass is 10.1. The Bertz CT molecular complexity index is 971. The second-order valence-corrected chi connectivity index (χ2v) is 6.63. The van der Waals surface area contributed by atoms with Crippen molar-refractivity contribution < 1.29 is 18.3 Å². The monoisotopic (exact) mass is 440 g/mol. The smallest absolute Gasteiger partial charge is 0.358 e. The van der Waals surface area contributed by atoms with Crippen molar-refractivity contribution in [3.8, 4) is 16.9 Å². The fourth-order valence-electron chi connectivity index (χ4n) is 2.41. The quantitative estimate of drug-likeness (QED) is 0.509. The van der Waals surface area contributed by atoms with Gasteiger partial charge in [-0.2, -0.15) is 5.10 Å². The third-order valence-corrected chi connectivity index (χ3v) is 4.25. The van der Waals surface area contributed by atoms with Crippen LogP contribution >= 0.6 is 27.5 Å². The van der Waals surface area contributed by atoms with Gasteiger partial charge >= 0.3 is 5.97 Å². The number of benzene rings is 2. The molecule has 0 saturated carbocycles. The van der Waals surface area contributed by atoms with E-state index in [0.29, 0.717) is 21.4 Å². The summed E-state index contributed by atoms with van der Waals surface area (Å²) in [5.41, 5.74) is 1.36. The highest BCUT2D eigenvalue weighted by molar-refractivity contribution is 9.10. The lowest BCUT2D eigenvalue weighted by Crippen LogP contribution is -2.07. The van der Waals surface area contributed by atoms with Crippen LogP contribution in [0.25, 0.3) is 16.9 Å². The molecule has 0 aliphatic heterocycles. The first-order valence-electron chi connectivity index (χ1n) is 7.58. The van der Waals surface area contributed by atoms with Gasteiger partial charge in [0.25, 0.3) is 0 Å². The molecule has 0 unspecified atom stereocenters. The SMILES string of the molecule is CCOC(=O)c1cc(-c2cc(F)cc(Br)c2)n(-c2ccc(F)c(Cl)c2)n1. The highest BCUT2D eigenvalue weighted by Crippen LogP contribution is 2.29. The van der Waals surface area contributed by atoms with Crippen molar-refractivity contribution in [2.45, 2.75) is 6.92 Å². The van der Waals surface area contributed by atoms with E-state index in [4.69, 9.17) is 16.3 Å². The highest BCUT2D eigenvalue weighted by atomic mass is 79.9. The summed E-state index contributed by atoms with van der Waals surface area (Å²) in [6.07, 6.45) is 0. The minimum atomic E-state index is -0.615. The third kappa shape index (κ3) is 3.78. The van der Waals surface area contributed by atoms with Crippen molar-refractivity contribution in [3.63, 3.8) is 0 Å². The molecule has 0 fully saturated rings. The van der Waals surface area contributed by atoms with E-state index < -0.39 is 17.6 Å². The van der Waals surface area contributed by atoms with Crippen LogP contribution in [0, 0.1) is 11.6 Å². The lowest BCUT2D eigenvalue weighted by molar-refractivity contribution is 0.0519. The van der Waals surface area contributed by atoms with Gasteiger partial charge in [-0.3, -0.25) is 0 Å². The molecule has 1 heterocycles. The third-order valence-electron chi connectivity index (χ3n) is 3.50. The van der Waals surface area contributed by atoms with Crippen molar-refractivity contribution in [1.82, 2.24) is 9.78 Å². The van der Waals surface area contributed by atoms with Gasteiger partial charge in [0.1, 0.15) is 11.6 Å². The molecule has 0 spiro atoms. The second kappa shape index (κ2) is 7.55. The topological polar surface area (TPSA) is 44.1 Å². The summed E-state index contributed by atoms with van der Waals surface area (Å²) in [6, 6.07) is 9.79. The van der Waals surface area contributed by atoms with Crippen LogP contribution in [0.2, 0.25) is 5.02 Å². The van der Waals surface area contributed by atoms with Gasteiger partial charge in [0, 0.05) is 10.0 Å². The van der Waals surface area contributed by atoms with Crippen LogP contribution in [0.3, 0.4) is 0 Å². The molecule has 2 aromatic carbocycles. The molecule has 1 aromatic heterocycles. The normalized spacial score (nSPS) is 10.8.